The van der Waals surface area contributed by atoms with Crippen LogP contribution in [-0.2, 0) is 4.79 Å². The molecule has 0 aromatic heterocycles. The summed E-state index contributed by atoms with van der Waals surface area (Å²) in [5.41, 5.74) is 1.68. The van der Waals surface area contributed by atoms with Crippen LogP contribution in [0.1, 0.15) is 11.1 Å². The van der Waals surface area contributed by atoms with E-state index in [0.717, 1.165) is 22.1 Å². The minimum atomic E-state index is -0.489. The van der Waals surface area contributed by atoms with Crippen LogP contribution in [0.15, 0.2) is 66.1 Å². The van der Waals surface area contributed by atoms with E-state index in [1.54, 1.807) is 24.3 Å². The molecule has 2 aromatic carbocycles. The first-order valence-corrected chi connectivity index (χ1v) is 6.87. The molecule has 0 radical (unpaired) electrons. The maximum Gasteiger partial charge on any atom is 0.335 e. The van der Waals surface area contributed by atoms with Crippen molar-refractivity contribution in [2.45, 2.75) is 4.90 Å². The quantitative estimate of drug-likeness (QED) is 0.302. The van der Waals surface area contributed by atoms with Crippen LogP contribution in [-0.4, -0.2) is 5.97 Å². The average Bonchev–Trinajstić information content (AvgIpc) is 2.54. The molecule has 2 rings (SSSR count). The minimum absolute atomic E-state index is 0.452. The van der Waals surface area contributed by atoms with Gasteiger partial charge in [0.2, 0.25) is 0 Å². The van der Waals surface area contributed by atoms with Crippen molar-refractivity contribution in [3.63, 3.8) is 0 Å². The third kappa shape index (κ3) is 4.90. The summed E-state index contributed by atoms with van der Waals surface area (Å²) in [6, 6.07) is 14.4. The number of esters is 1. The maximum absolute atomic E-state index is 11.0. The van der Waals surface area contributed by atoms with Crippen LogP contribution in [0.5, 0.6) is 5.75 Å². The molecule has 0 atom stereocenters. The summed E-state index contributed by atoms with van der Waals surface area (Å²) in [7, 11) is 0. The summed E-state index contributed by atoms with van der Waals surface area (Å²) in [6.45, 7) is 3.34. The van der Waals surface area contributed by atoms with Gasteiger partial charge in [-0.2, -0.15) is 0 Å². The number of carbonyl (C=O) groups is 1. The van der Waals surface area contributed by atoms with Gasteiger partial charge in [0.05, 0.1) is 0 Å². The van der Waals surface area contributed by atoms with Crippen LogP contribution in [0.2, 0.25) is 0 Å². The Morgan fingerprint density at radius 2 is 1.45 bits per heavy atom. The number of rotatable bonds is 2. The van der Waals surface area contributed by atoms with E-state index in [4.69, 9.17) is 4.74 Å². The van der Waals surface area contributed by atoms with Gasteiger partial charge >= 0.3 is 5.97 Å². The smallest absolute Gasteiger partial charge is 0.335 e. The van der Waals surface area contributed by atoms with Crippen LogP contribution < -0.4 is 4.74 Å². The van der Waals surface area contributed by atoms with Crippen molar-refractivity contribution in [2.24, 2.45) is 0 Å². The van der Waals surface area contributed by atoms with Crippen molar-refractivity contribution in [3.05, 3.63) is 72.3 Å². The first-order valence-electron chi connectivity index (χ1n) is 6.43. The van der Waals surface area contributed by atoms with Crippen molar-refractivity contribution in [1.82, 2.24) is 0 Å². The second kappa shape index (κ2) is 7.78. The van der Waals surface area contributed by atoms with Crippen molar-refractivity contribution >= 4 is 18.6 Å². The van der Waals surface area contributed by atoms with E-state index in [9.17, 15) is 4.79 Å². The fourth-order valence-electron chi connectivity index (χ4n) is 1.52. The highest BCUT2D eigenvalue weighted by atomic mass is 32.1. The lowest BCUT2D eigenvalue weighted by Gasteiger charge is -1.99. The topological polar surface area (TPSA) is 26.3 Å². The summed E-state index contributed by atoms with van der Waals surface area (Å²) in [5, 5.41) is 0. The zero-order valence-electron chi connectivity index (χ0n) is 11.7. The number of thiol groups is 1. The molecule has 0 saturated carbocycles. The largest absolute Gasteiger partial charge is 0.423 e. The molecule has 2 aromatic rings. The molecule has 0 spiro atoms. The van der Waals surface area contributed by atoms with Crippen LogP contribution in [0.25, 0.3) is 0 Å². The molecule has 0 heterocycles. The van der Waals surface area contributed by atoms with E-state index in [0.29, 0.717) is 5.75 Å². The molecular formula is C19H12O2S. The SMILES string of the molecule is C=CC(=O)Oc1ccc(C#CC#Cc2ccc(S)cc2)cc1. The van der Waals surface area contributed by atoms with Crippen molar-refractivity contribution in [3.8, 4) is 29.4 Å². The summed E-state index contributed by atoms with van der Waals surface area (Å²) >= 11 is 4.21. The molecule has 0 N–H and O–H groups in total. The number of carbonyl (C=O) groups excluding carboxylic acids is 1. The van der Waals surface area contributed by atoms with E-state index in [1.165, 1.54) is 0 Å². The highest BCUT2D eigenvalue weighted by Crippen LogP contribution is 2.11. The van der Waals surface area contributed by atoms with Gasteiger partial charge in [0, 0.05) is 22.1 Å². The van der Waals surface area contributed by atoms with Crippen LogP contribution in [0.4, 0.5) is 0 Å². The Morgan fingerprint density at radius 3 is 1.95 bits per heavy atom. The van der Waals surface area contributed by atoms with Crippen LogP contribution in [0, 0.1) is 23.7 Å². The second-order valence-electron chi connectivity index (χ2n) is 4.20. The molecule has 0 fully saturated rings. The molecule has 22 heavy (non-hydrogen) atoms. The lowest BCUT2D eigenvalue weighted by atomic mass is 10.2. The highest BCUT2D eigenvalue weighted by Gasteiger charge is 1.98. The molecule has 0 aliphatic rings. The Labute approximate surface area is 135 Å². The van der Waals surface area contributed by atoms with E-state index >= 15 is 0 Å². The van der Waals surface area contributed by atoms with E-state index in [2.05, 4.69) is 42.9 Å². The Morgan fingerprint density at radius 1 is 0.955 bits per heavy atom. The van der Waals surface area contributed by atoms with Crippen molar-refractivity contribution in [2.75, 3.05) is 0 Å². The first kappa shape index (κ1) is 15.5. The Balaban J connectivity index is 2.02. The van der Waals surface area contributed by atoms with Gasteiger partial charge in [0.15, 0.2) is 0 Å². The van der Waals surface area contributed by atoms with Gasteiger partial charge in [-0.25, -0.2) is 4.79 Å². The number of hydrogen-bond acceptors (Lipinski definition) is 3. The second-order valence-corrected chi connectivity index (χ2v) is 4.71. The molecule has 0 aliphatic heterocycles. The maximum atomic E-state index is 11.0. The lowest BCUT2D eigenvalue weighted by Crippen LogP contribution is -2.02. The summed E-state index contributed by atoms with van der Waals surface area (Å²) in [5.74, 6) is 11.4. The normalized spacial score (nSPS) is 8.77. The Hall–Kier alpha value is -2.88. The van der Waals surface area contributed by atoms with Crippen LogP contribution in [0.3, 0.4) is 0 Å². The number of benzene rings is 2. The van der Waals surface area contributed by atoms with E-state index in [1.807, 2.05) is 24.3 Å². The predicted octanol–water partition coefficient (Wildman–Crippen LogP) is 3.47. The lowest BCUT2D eigenvalue weighted by molar-refractivity contribution is -0.128. The molecule has 3 heteroatoms. The van der Waals surface area contributed by atoms with Gasteiger partial charge in [-0.15, -0.1) is 12.6 Å². The van der Waals surface area contributed by atoms with Gasteiger partial charge in [-0.05, 0) is 60.4 Å². The van der Waals surface area contributed by atoms with Gasteiger partial charge in [-0.3, -0.25) is 0 Å². The summed E-state index contributed by atoms with van der Waals surface area (Å²) < 4.78 is 4.97. The van der Waals surface area contributed by atoms with E-state index in [-0.39, 0.29) is 0 Å². The van der Waals surface area contributed by atoms with Crippen LogP contribution >= 0.6 is 12.6 Å². The molecule has 0 saturated heterocycles. The van der Waals surface area contributed by atoms with Gasteiger partial charge in [0.1, 0.15) is 5.75 Å². The molecule has 106 valence electrons. The standard InChI is InChI=1S/C19H12O2S/c1-2-19(20)21-17-11-7-15(8-12-17)5-3-4-6-16-9-13-18(22)14-10-16/h2,7-14,22H,1H2. The molecule has 0 bridgehead atoms. The molecular weight excluding hydrogens is 292 g/mol. The monoisotopic (exact) mass is 304 g/mol. The van der Waals surface area contributed by atoms with Gasteiger partial charge < -0.3 is 4.74 Å². The number of ether oxygens (including phenoxy) is 1. The number of hydrogen-bond donors (Lipinski definition) is 1. The third-order valence-corrected chi connectivity index (χ3v) is 2.88. The molecule has 2 nitrogen and oxygen atoms in total. The zero-order chi connectivity index (χ0) is 15.8. The Bertz CT molecular complexity index is 795. The fourth-order valence-corrected chi connectivity index (χ4v) is 1.66. The molecule has 0 unspecified atom stereocenters. The Kier molecular flexibility index (Phi) is 5.49. The summed E-state index contributed by atoms with van der Waals surface area (Å²) in [4.78, 5) is 11.9. The molecule has 0 aliphatic carbocycles. The van der Waals surface area contributed by atoms with Gasteiger partial charge in [-0.1, -0.05) is 18.4 Å². The van der Waals surface area contributed by atoms with Gasteiger partial charge in [0.25, 0.3) is 0 Å². The first-order chi connectivity index (χ1) is 10.7. The van der Waals surface area contributed by atoms with Crippen molar-refractivity contribution < 1.29 is 9.53 Å². The van der Waals surface area contributed by atoms with E-state index < -0.39 is 5.97 Å². The predicted molar refractivity (Wildman–Crippen MR) is 89.7 cm³/mol. The highest BCUT2D eigenvalue weighted by molar-refractivity contribution is 7.80. The third-order valence-electron chi connectivity index (χ3n) is 2.58. The molecule has 0 amide bonds. The van der Waals surface area contributed by atoms with Crippen molar-refractivity contribution in [1.29, 1.82) is 0 Å². The zero-order valence-corrected chi connectivity index (χ0v) is 12.6. The minimum Gasteiger partial charge on any atom is -0.423 e. The summed E-state index contributed by atoms with van der Waals surface area (Å²) in [6.07, 6.45) is 1.11. The average molecular weight is 304 g/mol. The fraction of sp³-hybridized carbons (Fsp3) is 0.